The standard InChI is InChI=1S/C16H30N2/c1-3-5-9-15(4-2)17-12-13-18(14-17)16-10-7-6-8-11-16/h12-13,15-16H,3-11,14H2,1-2H3. The van der Waals surface area contributed by atoms with Crippen LogP contribution in [0.15, 0.2) is 12.4 Å². The molecule has 0 N–H and O–H groups in total. The molecule has 0 aromatic rings. The van der Waals surface area contributed by atoms with E-state index in [2.05, 4.69) is 36.0 Å². The molecule has 0 amide bonds. The Morgan fingerprint density at radius 3 is 2.56 bits per heavy atom. The molecule has 1 saturated carbocycles. The number of unbranched alkanes of at least 4 members (excludes halogenated alkanes) is 1. The maximum atomic E-state index is 2.59. The van der Waals surface area contributed by atoms with Gasteiger partial charge in [-0.1, -0.05) is 46.0 Å². The van der Waals surface area contributed by atoms with Gasteiger partial charge in [0.25, 0.3) is 0 Å². The minimum absolute atomic E-state index is 0.759. The zero-order chi connectivity index (χ0) is 12.8. The second-order valence-electron chi connectivity index (χ2n) is 5.96. The van der Waals surface area contributed by atoms with Gasteiger partial charge in [0.15, 0.2) is 0 Å². The van der Waals surface area contributed by atoms with Crippen molar-refractivity contribution in [3.05, 3.63) is 12.4 Å². The van der Waals surface area contributed by atoms with Crippen LogP contribution in [0.2, 0.25) is 0 Å². The number of nitrogens with zero attached hydrogens (tertiary/aromatic N) is 2. The average molecular weight is 250 g/mol. The summed E-state index contributed by atoms with van der Waals surface area (Å²) in [7, 11) is 0. The molecule has 1 aliphatic carbocycles. The van der Waals surface area contributed by atoms with E-state index < -0.39 is 0 Å². The first-order valence-corrected chi connectivity index (χ1v) is 8.05. The third kappa shape index (κ3) is 3.43. The van der Waals surface area contributed by atoms with Crippen molar-refractivity contribution in [3.63, 3.8) is 0 Å². The van der Waals surface area contributed by atoms with Gasteiger partial charge < -0.3 is 9.80 Å². The molecule has 0 bridgehead atoms. The summed E-state index contributed by atoms with van der Waals surface area (Å²) in [6.45, 7) is 5.77. The molecule has 0 radical (unpaired) electrons. The molecule has 1 unspecified atom stereocenters. The van der Waals surface area contributed by atoms with Gasteiger partial charge in [0.2, 0.25) is 0 Å². The van der Waals surface area contributed by atoms with E-state index in [1.54, 1.807) is 0 Å². The molecule has 2 rings (SSSR count). The Morgan fingerprint density at radius 2 is 1.89 bits per heavy atom. The zero-order valence-corrected chi connectivity index (χ0v) is 12.3. The maximum Gasteiger partial charge on any atom is 0.0899 e. The smallest absolute Gasteiger partial charge is 0.0899 e. The van der Waals surface area contributed by atoms with Crippen molar-refractivity contribution < 1.29 is 0 Å². The third-order valence-electron chi connectivity index (χ3n) is 4.65. The lowest BCUT2D eigenvalue weighted by Crippen LogP contribution is -2.38. The molecule has 0 saturated heterocycles. The molecule has 2 nitrogen and oxygen atoms in total. The van der Waals surface area contributed by atoms with Crippen molar-refractivity contribution in [1.29, 1.82) is 0 Å². The summed E-state index contributed by atoms with van der Waals surface area (Å²) in [6, 6.07) is 1.58. The summed E-state index contributed by atoms with van der Waals surface area (Å²) < 4.78 is 0. The second kappa shape index (κ2) is 7.06. The summed E-state index contributed by atoms with van der Waals surface area (Å²) in [6.07, 6.45) is 17.2. The fraction of sp³-hybridized carbons (Fsp3) is 0.875. The molecular weight excluding hydrogens is 220 g/mol. The fourth-order valence-corrected chi connectivity index (χ4v) is 3.39. The molecule has 2 heteroatoms. The highest BCUT2D eigenvalue weighted by Gasteiger charge is 2.25. The van der Waals surface area contributed by atoms with Gasteiger partial charge in [-0.25, -0.2) is 0 Å². The molecule has 1 heterocycles. The van der Waals surface area contributed by atoms with Crippen LogP contribution in [0.5, 0.6) is 0 Å². The minimum atomic E-state index is 0.759. The van der Waals surface area contributed by atoms with Crippen molar-refractivity contribution in [3.8, 4) is 0 Å². The van der Waals surface area contributed by atoms with Crippen LogP contribution in [0, 0.1) is 0 Å². The first-order valence-electron chi connectivity index (χ1n) is 8.05. The highest BCUT2D eigenvalue weighted by Crippen LogP contribution is 2.26. The molecule has 0 spiro atoms. The maximum absolute atomic E-state index is 2.59. The molecule has 1 atom stereocenters. The molecule has 1 aliphatic heterocycles. The number of rotatable bonds is 6. The molecule has 18 heavy (non-hydrogen) atoms. The van der Waals surface area contributed by atoms with Crippen LogP contribution in [0.1, 0.15) is 71.6 Å². The van der Waals surface area contributed by atoms with E-state index in [1.807, 2.05) is 0 Å². The third-order valence-corrected chi connectivity index (χ3v) is 4.65. The van der Waals surface area contributed by atoms with Gasteiger partial charge in [-0.3, -0.25) is 0 Å². The van der Waals surface area contributed by atoms with Crippen LogP contribution in [0.25, 0.3) is 0 Å². The Bertz CT molecular complexity index is 256. The molecular formula is C16H30N2. The van der Waals surface area contributed by atoms with E-state index in [0.29, 0.717) is 0 Å². The van der Waals surface area contributed by atoms with E-state index in [-0.39, 0.29) is 0 Å². The Balaban J connectivity index is 1.81. The number of hydrogen-bond donors (Lipinski definition) is 0. The Hall–Kier alpha value is -0.660. The highest BCUT2D eigenvalue weighted by molar-refractivity contribution is 4.96. The highest BCUT2D eigenvalue weighted by atomic mass is 15.4. The van der Waals surface area contributed by atoms with Crippen molar-refractivity contribution in [2.45, 2.75) is 83.7 Å². The molecule has 2 aliphatic rings. The monoisotopic (exact) mass is 250 g/mol. The Kier molecular flexibility index (Phi) is 5.40. The molecule has 1 fully saturated rings. The van der Waals surface area contributed by atoms with Crippen molar-refractivity contribution >= 4 is 0 Å². The van der Waals surface area contributed by atoms with E-state index in [1.165, 1.54) is 57.8 Å². The Labute approximate surface area is 113 Å². The second-order valence-corrected chi connectivity index (χ2v) is 5.96. The van der Waals surface area contributed by atoms with Gasteiger partial charge >= 0.3 is 0 Å². The summed E-state index contributed by atoms with van der Waals surface area (Å²) in [5.41, 5.74) is 0. The summed E-state index contributed by atoms with van der Waals surface area (Å²) >= 11 is 0. The van der Waals surface area contributed by atoms with Crippen molar-refractivity contribution in [2.24, 2.45) is 0 Å². The average Bonchev–Trinajstić information content (AvgIpc) is 2.90. The van der Waals surface area contributed by atoms with Gasteiger partial charge in [-0.05, 0) is 25.7 Å². The first kappa shape index (κ1) is 13.8. The van der Waals surface area contributed by atoms with Crippen molar-refractivity contribution in [1.82, 2.24) is 9.80 Å². The van der Waals surface area contributed by atoms with Gasteiger partial charge in [0, 0.05) is 24.5 Å². The lowest BCUT2D eigenvalue weighted by Gasteiger charge is -2.34. The summed E-state index contributed by atoms with van der Waals surface area (Å²) in [4.78, 5) is 5.16. The van der Waals surface area contributed by atoms with Gasteiger partial charge in [0.05, 0.1) is 6.67 Å². The van der Waals surface area contributed by atoms with Crippen LogP contribution >= 0.6 is 0 Å². The number of hydrogen-bond acceptors (Lipinski definition) is 2. The topological polar surface area (TPSA) is 6.48 Å². The Morgan fingerprint density at radius 1 is 1.11 bits per heavy atom. The van der Waals surface area contributed by atoms with E-state index in [9.17, 15) is 0 Å². The van der Waals surface area contributed by atoms with Crippen LogP contribution < -0.4 is 0 Å². The lowest BCUT2D eigenvalue weighted by atomic mass is 9.95. The van der Waals surface area contributed by atoms with Crippen LogP contribution in [-0.2, 0) is 0 Å². The fourth-order valence-electron chi connectivity index (χ4n) is 3.39. The van der Waals surface area contributed by atoms with Crippen LogP contribution in [0.4, 0.5) is 0 Å². The summed E-state index contributed by atoms with van der Waals surface area (Å²) in [5, 5.41) is 0. The molecule has 0 aromatic carbocycles. The quantitative estimate of drug-likeness (QED) is 0.692. The van der Waals surface area contributed by atoms with Gasteiger partial charge in [0.1, 0.15) is 0 Å². The van der Waals surface area contributed by atoms with Gasteiger partial charge in [-0.15, -0.1) is 0 Å². The van der Waals surface area contributed by atoms with Crippen LogP contribution in [-0.4, -0.2) is 28.6 Å². The van der Waals surface area contributed by atoms with Crippen LogP contribution in [0.3, 0.4) is 0 Å². The SMILES string of the molecule is CCCCC(CC)N1C=CN(C2CCCCC2)C1. The largest absolute Gasteiger partial charge is 0.356 e. The predicted octanol–water partition coefficient (Wildman–Crippen LogP) is 4.33. The lowest BCUT2D eigenvalue weighted by molar-refractivity contribution is 0.144. The zero-order valence-electron chi connectivity index (χ0n) is 12.3. The van der Waals surface area contributed by atoms with E-state index in [4.69, 9.17) is 0 Å². The van der Waals surface area contributed by atoms with E-state index in [0.717, 1.165) is 18.8 Å². The summed E-state index contributed by atoms with van der Waals surface area (Å²) in [5.74, 6) is 0. The van der Waals surface area contributed by atoms with Crippen molar-refractivity contribution in [2.75, 3.05) is 6.67 Å². The first-order chi connectivity index (χ1) is 8.85. The molecule has 104 valence electrons. The minimum Gasteiger partial charge on any atom is -0.356 e. The van der Waals surface area contributed by atoms with Gasteiger partial charge in [-0.2, -0.15) is 0 Å². The normalized spacial score (nSPS) is 22.8. The van der Waals surface area contributed by atoms with E-state index >= 15 is 0 Å². The predicted molar refractivity (Wildman–Crippen MR) is 78.2 cm³/mol. The molecule has 0 aromatic heterocycles.